The number of alkyl halides is 3. The van der Waals surface area contributed by atoms with Crippen LogP contribution in [0.15, 0.2) is 89.3 Å². The second-order valence-electron chi connectivity index (χ2n) is 9.87. The molecule has 6 rings (SSSR count). The lowest BCUT2D eigenvalue weighted by atomic mass is 10.1. The smallest absolute Gasteiger partial charge is 0.406 e. The van der Waals surface area contributed by atoms with E-state index in [0.717, 1.165) is 44.2 Å². The molecule has 11 heteroatoms. The Balaban J connectivity index is 1.27. The molecular formula is C31H24F3N5O2S. The summed E-state index contributed by atoms with van der Waals surface area (Å²) in [6.45, 7) is 5.81. The zero-order valence-corrected chi connectivity index (χ0v) is 23.6. The summed E-state index contributed by atoms with van der Waals surface area (Å²) in [4.78, 5) is 19.2. The van der Waals surface area contributed by atoms with Gasteiger partial charge in [0.2, 0.25) is 5.91 Å². The Morgan fingerprint density at radius 3 is 2.45 bits per heavy atom. The van der Waals surface area contributed by atoms with Crippen molar-refractivity contribution in [1.29, 1.82) is 0 Å². The van der Waals surface area contributed by atoms with Crippen molar-refractivity contribution in [3.8, 4) is 11.4 Å². The van der Waals surface area contributed by atoms with Crippen LogP contribution >= 0.6 is 11.8 Å². The molecule has 0 radical (unpaired) electrons. The molecule has 212 valence electrons. The van der Waals surface area contributed by atoms with Gasteiger partial charge in [0.05, 0.1) is 28.2 Å². The maximum Gasteiger partial charge on any atom is 0.573 e. The van der Waals surface area contributed by atoms with Gasteiger partial charge in [0.15, 0.2) is 5.17 Å². The number of aryl methyl sites for hydroxylation is 2. The molecule has 0 aliphatic carbocycles. The number of nitrogens with zero attached hydrogens (tertiary/aromatic N) is 5. The maximum atomic E-state index is 13.0. The largest absolute Gasteiger partial charge is 0.573 e. The molecule has 4 aromatic carbocycles. The highest BCUT2D eigenvalue weighted by Crippen LogP contribution is 2.36. The number of para-hydroxylation sites is 1. The van der Waals surface area contributed by atoms with Crippen molar-refractivity contribution in [2.75, 3.05) is 4.90 Å². The number of carbonyl (C=O) groups is 1. The van der Waals surface area contributed by atoms with Crippen LogP contribution in [0.2, 0.25) is 0 Å². The summed E-state index contributed by atoms with van der Waals surface area (Å²) >= 11 is 1.38. The Bertz CT molecular complexity index is 1880. The summed E-state index contributed by atoms with van der Waals surface area (Å²) in [5.41, 5.74) is 5.87. The van der Waals surface area contributed by atoms with Crippen LogP contribution in [0.4, 0.5) is 18.9 Å². The number of imidazole rings is 1. The number of rotatable bonds is 5. The summed E-state index contributed by atoms with van der Waals surface area (Å²) in [5, 5.41) is 10.9. The Kier molecular flexibility index (Phi) is 6.97. The van der Waals surface area contributed by atoms with E-state index in [-0.39, 0.29) is 16.9 Å². The number of anilines is 1. The van der Waals surface area contributed by atoms with Crippen LogP contribution in [0.25, 0.3) is 27.5 Å². The monoisotopic (exact) mass is 587 g/mol. The molecule has 0 bridgehead atoms. The molecule has 0 spiro atoms. The van der Waals surface area contributed by atoms with Gasteiger partial charge >= 0.3 is 6.36 Å². The number of hydrogen-bond donors (Lipinski definition) is 0. The molecule has 42 heavy (non-hydrogen) atoms. The Morgan fingerprint density at radius 1 is 1.00 bits per heavy atom. The average Bonchev–Trinajstić information content (AvgIpc) is 3.49. The van der Waals surface area contributed by atoms with E-state index < -0.39 is 6.36 Å². The molecule has 2 heterocycles. The molecule has 1 unspecified atom stereocenters. The summed E-state index contributed by atoms with van der Waals surface area (Å²) in [6, 6.07) is 21.2. The quantitative estimate of drug-likeness (QED) is 0.157. The van der Waals surface area contributed by atoms with Crippen molar-refractivity contribution >= 4 is 56.5 Å². The summed E-state index contributed by atoms with van der Waals surface area (Å²) < 4.78 is 43.3. The summed E-state index contributed by atoms with van der Waals surface area (Å²) in [7, 11) is 0. The second kappa shape index (κ2) is 10.6. The highest BCUT2D eigenvalue weighted by molar-refractivity contribution is 8.16. The fourth-order valence-corrected chi connectivity index (χ4v) is 5.94. The molecule has 1 aliphatic rings. The number of aromatic nitrogens is 2. The van der Waals surface area contributed by atoms with Crippen LogP contribution in [-0.2, 0) is 4.79 Å². The third-order valence-electron chi connectivity index (χ3n) is 6.96. The zero-order valence-electron chi connectivity index (χ0n) is 22.8. The van der Waals surface area contributed by atoms with E-state index in [2.05, 4.69) is 19.9 Å². The van der Waals surface area contributed by atoms with Gasteiger partial charge in [0, 0.05) is 11.1 Å². The maximum absolute atomic E-state index is 13.0. The zero-order chi connectivity index (χ0) is 29.6. The molecule has 7 nitrogen and oxygen atoms in total. The Morgan fingerprint density at radius 2 is 1.74 bits per heavy atom. The molecule has 1 aliphatic heterocycles. The first-order valence-corrected chi connectivity index (χ1v) is 13.9. The third-order valence-corrected chi connectivity index (χ3v) is 7.99. The summed E-state index contributed by atoms with van der Waals surface area (Å²) in [6.07, 6.45) is -1.46. The molecule has 5 aromatic rings. The standard InChI is InChI=1S/C31H24F3N5O2S/c1-18-5-4-6-19(2)28(18)39-29(40)20(3)42-30(39)37-36-16-21-7-13-25-22(15-21)8-14-26-27(25)35-17-38(26)23-9-11-24(12-10-23)41-31(32,33)34/h4-17,20H,1-3H3/b36-16+,37-30+. The SMILES string of the molecule is Cc1cccc(C)c1N1C(=O)C(C)S/C1=N/N=C/c1ccc2c(ccc3c2ncn3-c2ccc(OC(F)(F)F)cc2)c1. The number of fused-ring (bicyclic) bond motifs is 3. The van der Waals surface area contributed by atoms with E-state index in [4.69, 9.17) is 0 Å². The molecular weight excluding hydrogens is 563 g/mol. The molecule has 0 N–H and O–H groups in total. The van der Waals surface area contributed by atoms with Crippen molar-refractivity contribution in [3.63, 3.8) is 0 Å². The number of ether oxygens (including phenoxy) is 1. The van der Waals surface area contributed by atoms with Gasteiger partial charge in [0.25, 0.3) is 0 Å². The van der Waals surface area contributed by atoms with Crippen molar-refractivity contribution in [2.45, 2.75) is 32.4 Å². The number of halogens is 3. The molecule has 1 atom stereocenters. The van der Waals surface area contributed by atoms with Crippen LogP contribution < -0.4 is 9.64 Å². The fraction of sp³-hybridized carbons (Fsp3) is 0.161. The predicted octanol–water partition coefficient (Wildman–Crippen LogP) is 7.55. The van der Waals surface area contributed by atoms with Crippen LogP contribution in [0.1, 0.15) is 23.6 Å². The van der Waals surface area contributed by atoms with Crippen LogP contribution in [-0.4, -0.2) is 38.5 Å². The van der Waals surface area contributed by atoms with Crippen LogP contribution in [0, 0.1) is 13.8 Å². The number of benzene rings is 4. The van der Waals surface area contributed by atoms with Crippen LogP contribution in [0.5, 0.6) is 5.75 Å². The number of amides is 1. The number of hydrogen-bond acceptors (Lipinski definition) is 6. The van der Waals surface area contributed by atoms with Gasteiger partial charge in [-0.05, 0) is 79.2 Å². The molecule has 1 amide bonds. The van der Waals surface area contributed by atoms with Crippen molar-refractivity contribution in [1.82, 2.24) is 9.55 Å². The van der Waals surface area contributed by atoms with E-state index in [0.29, 0.717) is 10.9 Å². The number of carbonyl (C=O) groups excluding carboxylic acids is 1. The van der Waals surface area contributed by atoms with Gasteiger partial charge in [0.1, 0.15) is 12.1 Å². The van der Waals surface area contributed by atoms with E-state index >= 15 is 0 Å². The van der Waals surface area contributed by atoms with Crippen LogP contribution in [0.3, 0.4) is 0 Å². The predicted molar refractivity (Wildman–Crippen MR) is 161 cm³/mol. The second-order valence-corrected chi connectivity index (χ2v) is 11.2. The number of thioether (sulfide) groups is 1. The van der Waals surface area contributed by atoms with E-state index in [1.165, 1.54) is 23.9 Å². The van der Waals surface area contributed by atoms with Gasteiger partial charge in [-0.3, -0.25) is 14.3 Å². The fourth-order valence-electron chi connectivity index (χ4n) is 5.04. The lowest BCUT2D eigenvalue weighted by Crippen LogP contribution is -2.32. The van der Waals surface area contributed by atoms with Gasteiger partial charge in [-0.25, -0.2) is 4.98 Å². The number of amidine groups is 1. The van der Waals surface area contributed by atoms with Gasteiger partial charge in [-0.1, -0.05) is 48.2 Å². The van der Waals surface area contributed by atoms with E-state index in [1.807, 2.05) is 69.3 Å². The lowest BCUT2D eigenvalue weighted by Gasteiger charge is -2.20. The topological polar surface area (TPSA) is 72.1 Å². The van der Waals surface area contributed by atoms with Gasteiger partial charge in [-0.15, -0.1) is 18.3 Å². The highest BCUT2D eigenvalue weighted by atomic mass is 32.2. The Labute approximate surface area is 243 Å². The van der Waals surface area contributed by atoms with E-state index in [1.54, 1.807) is 34.1 Å². The molecule has 1 fully saturated rings. The molecule has 1 aromatic heterocycles. The first-order valence-electron chi connectivity index (χ1n) is 13.0. The minimum absolute atomic E-state index is 0.0221. The minimum atomic E-state index is -4.74. The van der Waals surface area contributed by atoms with E-state index in [9.17, 15) is 18.0 Å². The first-order chi connectivity index (χ1) is 20.1. The normalized spacial score (nSPS) is 16.9. The Hall–Kier alpha value is -4.64. The van der Waals surface area contributed by atoms with Crippen molar-refractivity contribution in [3.05, 3.63) is 95.8 Å². The minimum Gasteiger partial charge on any atom is -0.406 e. The third kappa shape index (κ3) is 5.23. The van der Waals surface area contributed by atoms with Crippen molar-refractivity contribution in [2.24, 2.45) is 10.2 Å². The van der Waals surface area contributed by atoms with Gasteiger partial charge < -0.3 is 4.74 Å². The molecule has 1 saturated heterocycles. The lowest BCUT2D eigenvalue weighted by molar-refractivity contribution is -0.274. The average molecular weight is 588 g/mol. The van der Waals surface area contributed by atoms with Gasteiger partial charge in [-0.2, -0.15) is 5.10 Å². The summed E-state index contributed by atoms with van der Waals surface area (Å²) in [5.74, 6) is -0.308. The molecule has 0 saturated carbocycles. The highest BCUT2D eigenvalue weighted by Gasteiger charge is 2.37. The van der Waals surface area contributed by atoms with Crippen molar-refractivity contribution < 1.29 is 22.7 Å². The first kappa shape index (κ1) is 27.5.